The minimum atomic E-state index is -0.187. The van der Waals surface area contributed by atoms with Crippen LogP contribution in [-0.4, -0.2) is 26.1 Å². The van der Waals surface area contributed by atoms with Gasteiger partial charge in [0.05, 0.1) is 0 Å². The first kappa shape index (κ1) is 28.7. The molecule has 0 amide bonds. The topological polar surface area (TPSA) is 49.3 Å². The van der Waals surface area contributed by atoms with Crippen LogP contribution in [-0.2, 0) is 4.79 Å². The molecule has 0 saturated heterocycles. The molecule has 2 N–H and O–H groups in total. The van der Waals surface area contributed by atoms with Crippen LogP contribution in [0, 0.1) is 12.7 Å². The molecule has 0 heterocycles. The lowest BCUT2D eigenvalue weighted by atomic mass is 10.0. The average molecular weight is 404 g/mol. The minimum Gasteiger partial charge on any atom is -0.400 e. The van der Waals surface area contributed by atoms with Crippen molar-refractivity contribution in [3.8, 4) is 11.1 Å². The SMILES string of the molecule is C1CCCCCC1.C=C.C=O.CNc1ccc(-c2ccc(F)cc2C)cc1.CO. The van der Waals surface area contributed by atoms with Crippen LogP contribution in [0.1, 0.15) is 50.5 Å². The standard InChI is InChI=1S/C14H14FN.C7H14.C2H4.CH4O.CH2O/c1-10-9-12(15)5-8-14(10)11-3-6-13(16-2)7-4-11;1-2-4-6-7-5-3-1;3*1-2/h3-9,16H,1-2H3;1-7H2;1-2H2;2H,1H3;1H2. The number of anilines is 1. The Morgan fingerprint density at radius 3 is 1.59 bits per heavy atom. The number of nitrogens with one attached hydrogen (secondary N) is 1. The predicted molar refractivity (Wildman–Crippen MR) is 125 cm³/mol. The maximum absolute atomic E-state index is 13.0. The van der Waals surface area contributed by atoms with Gasteiger partial charge in [-0.05, 0) is 47.9 Å². The summed E-state index contributed by atoms with van der Waals surface area (Å²) in [5.74, 6) is -0.187. The first-order chi connectivity index (χ1) is 14.2. The molecular weight excluding hydrogens is 365 g/mol. The van der Waals surface area contributed by atoms with E-state index < -0.39 is 0 Å². The van der Waals surface area contributed by atoms with Gasteiger partial charge < -0.3 is 15.2 Å². The van der Waals surface area contributed by atoms with Crippen LogP contribution in [0.4, 0.5) is 10.1 Å². The Labute approximate surface area is 176 Å². The third-order valence-electron chi connectivity index (χ3n) is 4.42. The summed E-state index contributed by atoms with van der Waals surface area (Å²) in [6.45, 7) is 9.92. The van der Waals surface area contributed by atoms with Crippen molar-refractivity contribution >= 4 is 12.5 Å². The molecule has 0 spiro atoms. The fourth-order valence-corrected chi connectivity index (χ4v) is 3.00. The largest absolute Gasteiger partial charge is 0.400 e. The van der Waals surface area contributed by atoms with E-state index in [9.17, 15) is 4.39 Å². The van der Waals surface area contributed by atoms with E-state index in [0.717, 1.165) is 29.5 Å². The number of halogens is 1. The smallest absolute Gasteiger partial charge is 0.123 e. The zero-order valence-electron chi connectivity index (χ0n) is 18.3. The molecule has 0 unspecified atom stereocenters. The molecule has 1 aliphatic rings. The van der Waals surface area contributed by atoms with E-state index in [-0.39, 0.29) is 5.82 Å². The van der Waals surface area contributed by atoms with Gasteiger partial charge in [-0.15, -0.1) is 13.2 Å². The molecule has 2 aromatic carbocycles. The van der Waals surface area contributed by atoms with Crippen LogP contribution in [0.2, 0.25) is 0 Å². The highest BCUT2D eigenvalue weighted by molar-refractivity contribution is 5.69. The van der Waals surface area contributed by atoms with Gasteiger partial charge in [0.15, 0.2) is 0 Å². The number of aryl methyl sites for hydroxylation is 1. The quantitative estimate of drug-likeness (QED) is 0.428. The lowest BCUT2D eigenvalue weighted by Crippen LogP contribution is -1.88. The molecule has 4 heteroatoms. The maximum Gasteiger partial charge on any atom is 0.123 e. The number of aliphatic hydroxyl groups is 1. The van der Waals surface area contributed by atoms with Gasteiger partial charge in [0.25, 0.3) is 0 Å². The number of hydrogen-bond donors (Lipinski definition) is 2. The molecule has 29 heavy (non-hydrogen) atoms. The Bertz CT molecular complexity index is 608. The summed E-state index contributed by atoms with van der Waals surface area (Å²) in [4.78, 5) is 8.00. The Kier molecular flexibility index (Phi) is 20.1. The van der Waals surface area contributed by atoms with Crippen molar-refractivity contribution < 1.29 is 14.3 Å². The first-order valence-corrected chi connectivity index (χ1v) is 9.98. The van der Waals surface area contributed by atoms with Crippen molar-refractivity contribution in [1.29, 1.82) is 0 Å². The third kappa shape index (κ3) is 12.6. The molecule has 1 fully saturated rings. The molecule has 1 saturated carbocycles. The minimum absolute atomic E-state index is 0.187. The van der Waals surface area contributed by atoms with E-state index in [1.807, 2.05) is 51.1 Å². The molecule has 0 atom stereocenters. The molecule has 0 radical (unpaired) electrons. The maximum atomic E-state index is 13.0. The molecule has 0 bridgehead atoms. The second kappa shape index (κ2) is 20.3. The fourth-order valence-electron chi connectivity index (χ4n) is 3.00. The monoisotopic (exact) mass is 403 g/mol. The van der Waals surface area contributed by atoms with E-state index in [4.69, 9.17) is 9.90 Å². The number of benzene rings is 2. The van der Waals surface area contributed by atoms with Gasteiger partial charge in [-0.25, -0.2) is 4.39 Å². The Hall–Kier alpha value is -2.46. The van der Waals surface area contributed by atoms with Crippen molar-refractivity contribution in [3.63, 3.8) is 0 Å². The average Bonchev–Trinajstić information content (AvgIpc) is 3.12. The van der Waals surface area contributed by atoms with E-state index in [2.05, 4.69) is 18.5 Å². The lowest BCUT2D eigenvalue weighted by Gasteiger charge is -2.07. The summed E-state index contributed by atoms with van der Waals surface area (Å²) < 4.78 is 13.0. The summed E-state index contributed by atoms with van der Waals surface area (Å²) in [5.41, 5.74) is 4.21. The second-order valence-corrected chi connectivity index (χ2v) is 6.26. The summed E-state index contributed by atoms with van der Waals surface area (Å²) in [5, 5.41) is 10.1. The Morgan fingerprint density at radius 1 is 0.828 bits per heavy atom. The van der Waals surface area contributed by atoms with Gasteiger partial charge in [0, 0.05) is 19.8 Å². The van der Waals surface area contributed by atoms with Gasteiger partial charge in [-0.2, -0.15) is 0 Å². The normalized spacial score (nSPS) is 11.9. The van der Waals surface area contributed by atoms with Crippen LogP contribution < -0.4 is 5.32 Å². The van der Waals surface area contributed by atoms with Gasteiger partial charge in [-0.1, -0.05) is 63.1 Å². The Morgan fingerprint density at radius 2 is 1.24 bits per heavy atom. The van der Waals surface area contributed by atoms with Crippen molar-refractivity contribution in [1.82, 2.24) is 0 Å². The number of rotatable bonds is 2. The number of aliphatic hydroxyl groups excluding tert-OH is 1. The summed E-state index contributed by atoms with van der Waals surface area (Å²) in [7, 11) is 2.89. The van der Waals surface area contributed by atoms with E-state index in [1.165, 1.54) is 51.0 Å². The van der Waals surface area contributed by atoms with Gasteiger partial charge in [0.1, 0.15) is 12.6 Å². The zero-order valence-corrected chi connectivity index (χ0v) is 18.3. The highest BCUT2D eigenvalue weighted by atomic mass is 19.1. The molecular formula is C25H38FNO2. The van der Waals surface area contributed by atoms with Gasteiger partial charge in [0.2, 0.25) is 0 Å². The zero-order chi connectivity index (χ0) is 22.5. The van der Waals surface area contributed by atoms with E-state index in [1.54, 1.807) is 6.07 Å². The molecule has 0 aliphatic heterocycles. The summed E-state index contributed by atoms with van der Waals surface area (Å²) in [6.07, 6.45) is 10.5. The van der Waals surface area contributed by atoms with Crippen LogP contribution >= 0.6 is 0 Å². The molecule has 2 aromatic rings. The van der Waals surface area contributed by atoms with Crippen molar-refractivity contribution in [2.75, 3.05) is 19.5 Å². The molecule has 1 aliphatic carbocycles. The molecule has 162 valence electrons. The van der Waals surface area contributed by atoms with Crippen LogP contribution in [0.3, 0.4) is 0 Å². The number of carbonyl (C=O) groups is 1. The fraction of sp³-hybridized carbons (Fsp3) is 0.400. The number of hydrogen-bond acceptors (Lipinski definition) is 3. The van der Waals surface area contributed by atoms with Crippen LogP contribution in [0.15, 0.2) is 55.6 Å². The van der Waals surface area contributed by atoms with Crippen LogP contribution in [0.25, 0.3) is 11.1 Å². The highest BCUT2D eigenvalue weighted by Gasteiger charge is 2.02. The molecule has 3 nitrogen and oxygen atoms in total. The molecule has 3 rings (SSSR count). The highest BCUT2D eigenvalue weighted by Crippen LogP contribution is 2.25. The van der Waals surface area contributed by atoms with E-state index in [0.29, 0.717) is 0 Å². The molecule has 0 aromatic heterocycles. The van der Waals surface area contributed by atoms with Crippen molar-refractivity contribution in [2.45, 2.75) is 51.9 Å². The Balaban J connectivity index is 0. The third-order valence-corrected chi connectivity index (χ3v) is 4.42. The van der Waals surface area contributed by atoms with Crippen molar-refractivity contribution in [3.05, 3.63) is 67.0 Å². The second-order valence-electron chi connectivity index (χ2n) is 6.26. The number of carbonyl (C=O) groups excluding carboxylic acids is 1. The summed E-state index contributed by atoms with van der Waals surface area (Å²) >= 11 is 0. The van der Waals surface area contributed by atoms with E-state index >= 15 is 0 Å². The first-order valence-electron chi connectivity index (χ1n) is 9.98. The summed E-state index contributed by atoms with van der Waals surface area (Å²) in [6, 6.07) is 13.0. The van der Waals surface area contributed by atoms with Gasteiger partial charge in [-0.3, -0.25) is 0 Å². The lowest BCUT2D eigenvalue weighted by molar-refractivity contribution is -0.0979. The predicted octanol–water partition coefficient (Wildman–Crippen LogP) is 6.80. The van der Waals surface area contributed by atoms with Gasteiger partial charge >= 0.3 is 0 Å². The van der Waals surface area contributed by atoms with Crippen molar-refractivity contribution in [2.24, 2.45) is 0 Å². The van der Waals surface area contributed by atoms with Crippen LogP contribution in [0.5, 0.6) is 0 Å².